The summed E-state index contributed by atoms with van der Waals surface area (Å²) >= 11 is 0. The maximum atomic E-state index is 10.1. The molecule has 3 nitrogen and oxygen atoms in total. The van der Waals surface area contributed by atoms with Crippen molar-refractivity contribution in [3.63, 3.8) is 0 Å². The summed E-state index contributed by atoms with van der Waals surface area (Å²) in [6.07, 6.45) is 3.32. The number of nitrogens with zero attached hydrogens (tertiary/aromatic N) is 1. The van der Waals surface area contributed by atoms with Crippen LogP contribution in [0.3, 0.4) is 0 Å². The van der Waals surface area contributed by atoms with E-state index in [1.54, 1.807) is 0 Å². The van der Waals surface area contributed by atoms with E-state index in [0.717, 1.165) is 38.5 Å². The van der Waals surface area contributed by atoms with Gasteiger partial charge in [-0.05, 0) is 50.4 Å². The standard InChI is InChI=1S/C17H28N2O/c1-15-8-11-19(12-9-15)14-17(20)13-18-10-7-16-5-3-2-4-6-16/h2-6,15,17-18,20H,7-14H2,1H3. The van der Waals surface area contributed by atoms with Gasteiger partial charge in [0.1, 0.15) is 0 Å². The van der Waals surface area contributed by atoms with Crippen LogP contribution in [-0.4, -0.2) is 48.8 Å². The monoisotopic (exact) mass is 276 g/mol. The van der Waals surface area contributed by atoms with Crippen LogP contribution in [0.4, 0.5) is 0 Å². The molecule has 0 radical (unpaired) electrons. The fourth-order valence-electron chi connectivity index (χ4n) is 2.75. The number of aliphatic hydroxyl groups excluding tert-OH is 1. The highest BCUT2D eigenvalue weighted by Gasteiger charge is 2.17. The zero-order valence-corrected chi connectivity index (χ0v) is 12.6. The number of aliphatic hydroxyl groups is 1. The van der Waals surface area contributed by atoms with Gasteiger partial charge in [-0.25, -0.2) is 0 Å². The van der Waals surface area contributed by atoms with Crippen molar-refractivity contribution in [1.29, 1.82) is 0 Å². The smallest absolute Gasteiger partial charge is 0.0791 e. The minimum atomic E-state index is -0.251. The molecule has 1 fully saturated rings. The Balaban J connectivity index is 1.55. The molecule has 1 aliphatic heterocycles. The summed E-state index contributed by atoms with van der Waals surface area (Å²) in [4.78, 5) is 2.39. The van der Waals surface area contributed by atoms with Crippen LogP contribution in [0, 0.1) is 5.92 Å². The Kier molecular flexibility index (Phi) is 6.51. The van der Waals surface area contributed by atoms with Gasteiger partial charge < -0.3 is 15.3 Å². The lowest BCUT2D eigenvalue weighted by molar-refractivity contribution is 0.0910. The molecule has 2 rings (SSSR count). The van der Waals surface area contributed by atoms with Gasteiger partial charge >= 0.3 is 0 Å². The highest BCUT2D eigenvalue weighted by molar-refractivity contribution is 5.14. The first-order chi connectivity index (χ1) is 9.74. The van der Waals surface area contributed by atoms with Crippen molar-refractivity contribution in [1.82, 2.24) is 10.2 Å². The molecule has 0 spiro atoms. The van der Waals surface area contributed by atoms with Gasteiger partial charge in [0.15, 0.2) is 0 Å². The zero-order chi connectivity index (χ0) is 14.2. The number of likely N-dealkylation sites (tertiary alicyclic amines) is 1. The van der Waals surface area contributed by atoms with Crippen molar-refractivity contribution in [3.05, 3.63) is 35.9 Å². The molecule has 0 amide bonds. The first-order valence-corrected chi connectivity index (χ1v) is 7.89. The maximum absolute atomic E-state index is 10.1. The number of β-amino-alcohol motifs (C(OH)–C–C–N with tert-alkyl or cyclic N) is 1. The summed E-state index contributed by atoms with van der Waals surface area (Å²) < 4.78 is 0. The molecular formula is C17H28N2O. The SMILES string of the molecule is CC1CCN(CC(O)CNCCc2ccccc2)CC1. The van der Waals surface area contributed by atoms with Crippen LogP contribution in [0.2, 0.25) is 0 Å². The van der Waals surface area contributed by atoms with Crippen LogP contribution >= 0.6 is 0 Å². The van der Waals surface area contributed by atoms with E-state index in [0.29, 0.717) is 6.54 Å². The van der Waals surface area contributed by atoms with Crippen LogP contribution < -0.4 is 5.32 Å². The van der Waals surface area contributed by atoms with Crippen molar-refractivity contribution in [2.24, 2.45) is 5.92 Å². The van der Waals surface area contributed by atoms with E-state index in [4.69, 9.17) is 0 Å². The summed E-state index contributed by atoms with van der Waals surface area (Å²) in [6, 6.07) is 10.5. The Morgan fingerprint density at radius 1 is 1.25 bits per heavy atom. The Labute approximate surface area is 123 Å². The summed E-state index contributed by atoms with van der Waals surface area (Å²) in [5.74, 6) is 0.854. The van der Waals surface area contributed by atoms with Crippen molar-refractivity contribution in [3.8, 4) is 0 Å². The number of hydrogen-bond donors (Lipinski definition) is 2. The highest BCUT2D eigenvalue weighted by Crippen LogP contribution is 2.15. The maximum Gasteiger partial charge on any atom is 0.0791 e. The molecule has 1 aromatic rings. The molecule has 3 heteroatoms. The van der Waals surface area contributed by atoms with Gasteiger partial charge in [-0.1, -0.05) is 37.3 Å². The molecule has 1 saturated heterocycles. The van der Waals surface area contributed by atoms with Crippen LogP contribution in [-0.2, 0) is 6.42 Å². The molecule has 1 atom stereocenters. The molecule has 1 heterocycles. The van der Waals surface area contributed by atoms with E-state index in [9.17, 15) is 5.11 Å². The largest absolute Gasteiger partial charge is 0.390 e. The van der Waals surface area contributed by atoms with Gasteiger partial charge in [-0.15, -0.1) is 0 Å². The van der Waals surface area contributed by atoms with Crippen LogP contribution in [0.15, 0.2) is 30.3 Å². The van der Waals surface area contributed by atoms with Gasteiger partial charge in [-0.3, -0.25) is 0 Å². The topological polar surface area (TPSA) is 35.5 Å². The lowest BCUT2D eigenvalue weighted by Crippen LogP contribution is -2.42. The second-order valence-electron chi connectivity index (χ2n) is 6.08. The first kappa shape index (κ1) is 15.5. The minimum absolute atomic E-state index is 0.251. The number of piperidine rings is 1. The number of hydrogen-bond acceptors (Lipinski definition) is 3. The molecule has 0 saturated carbocycles. The second kappa shape index (κ2) is 8.40. The summed E-state index contributed by atoms with van der Waals surface area (Å²) in [5, 5.41) is 13.4. The zero-order valence-electron chi connectivity index (χ0n) is 12.6. The van der Waals surface area contributed by atoms with Gasteiger partial charge in [0.25, 0.3) is 0 Å². The van der Waals surface area contributed by atoms with Gasteiger partial charge in [0, 0.05) is 13.1 Å². The molecule has 0 bridgehead atoms. The van der Waals surface area contributed by atoms with E-state index in [1.165, 1.54) is 18.4 Å². The number of nitrogens with one attached hydrogen (secondary N) is 1. The van der Waals surface area contributed by atoms with E-state index in [2.05, 4.69) is 41.4 Å². The van der Waals surface area contributed by atoms with Gasteiger partial charge in [0.2, 0.25) is 0 Å². The predicted molar refractivity (Wildman–Crippen MR) is 83.9 cm³/mol. The first-order valence-electron chi connectivity index (χ1n) is 7.89. The third kappa shape index (κ3) is 5.61. The van der Waals surface area contributed by atoms with Gasteiger partial charge in [-0.2, -0.15) is 0 Å². The van der Waals surface area contributed by atoms with Crippen molar-refractivity contribution in [2.45, 2.75) is 32.3 Å². The minimum Gasteiger partial charge on any atom is -0.390 e. The molecule has 20 heavy (non-hydrogen) atoms. The molecule has 1 aliphatic rings. The Hall–Kier alpha value is -0.900. The van der Waals surface area contributed by atoms with E-state index >= 15 is 0 Å². The predicted octanol–water partition coefficient (Wildman–Crippen LogP) is 1.91. The molecule has 0 aromatic heterocycles. The summed E-state index contributed by atoms with van der Waals surface area (Å²) in [5.41, 5.74) is 1.35. The average molecular weight is 276 g/mol. The molecule has 1 unspecified atom stereocenters. The van der Waals surface area contributed by atoms with Crippen LogP contribution in [0.25, 0.3) is 0 Å². The summed E-state index contributed by atoms with van der Waals surface area (Å²) in [6.45, 7) is 7.03. The Morgan fingerprint density at radius 3 is 2.65 bits per heavy atom. The van der Waals surface area contributed by atoms with Crippen molar-refractivity contribution >= 4 is 0 Å². The fraction of sp³-hybridized carbons (Fsp3) is 0.647. The molecular weight excluding hydrogens is 248 g/mol. The Morgan fingerprint density at radius 2 is 1.95 bits per heavy atom. The van der Waals surface area contributed by atoms with E-state index in [-0.39, 0.29) is 6.10 Å². The van der Waals surface area contributed by atoms with Crippen molar-refractivity contribution < 1.29 is 5.11 Å². The number of benzene rings is 1. The quantitative estimate of drug-likeness (QED) is 0.747. The lowest BCUT2D eigenvalue weighted by Gasteiger charge is -2.31. The molecule has 0 aliphatic carbocycles. The number of rotatable bonds is 7. The van der Waals surface area contributed by atoms with Crippen LogP contribution in [0.5, 0.6) is 0 Å². The highest BCUT2D eigenvalue weighted by atomic mass is 16.3. The third-order valence-corrected chi connectivity index (χ3v) is 4.16. The molecule has 1 aromatic carbocycles. The normalized spacial score (nSPS) is 19.1. The average Bonchev–Trinajstić information content (AvgIpc) is 2.47. The molecule has 2 N–H and O–H groups in total. The van der Waals surface area contributed by atoms with Gasteiger partial charge in [0.05, 0.1) is 6.10 Å². The fourth-order valence-corrected chi connectivity index (χ4v) is 2.75. The van der Waals surface area contributed by atoms with E-state index < -0.39 is 0 Å². The summed E-state index contributed by atoms with van der Waals surface area (Å²) in [7, 11) is 0. The Bertz CT molecular complexity index is 361. The lowest BCUT2D eigenvalue weighted by atomic mass is 9.99. The third-order valence-electron chi connectivity index (χ3n) is 4.16. The van der Waals surface area contributed by atoms with Crippen molar-refractivity contribution in [2.75, 3.05) is 32.7 Å². The molecule has 112 valence electrons. The van der Waals surface area contributed by atoms with Crippen LogP contribution in [0.1, 0.15) is 25.3 Å². The second-order valence-corrected chi connectivity index (χ2v) is 6.08. The van der Waals surface area contributed by atoms with E-state index in [1.807, 2.05) is 6.07 Å².